The van der Waals surface area contributed by atoms with Gasteiger partial charge in [0.25, 0.3) is 0 Å². The minimum atomic E-state index is -0.722. The standard InChI is InChI=1S/C10H14.C8H8.C6H10N2S3.C6H12O2/c1-3-9(2)10-7-5-4-6-8-10;1-2-8-6-4-3-5-7-8;1-3-9-5-7-8-6(11-5)10-4-2;1-4-6(2,3)5(7)8/h4-9H,3H2,1-2H3;2-7H,1H2;3-4H2,1-2H3;4H2,1-3H3,(H,7,8). The van der Waals surface area contributed by atoms with Crippen LogP contribution in [0.25, 0.3) is 6.08 Å². The molecule has 0 amide bonds. The Morgan fingerprint density at radius 1 is 0.946 bits per heavy atom. The number of carbonyl (C=O) groups is 1. The molecule has 4 nitrogen and oxygen atoms in total. The predicted molar refractivity (Wildman–Crippen MR) is 166 cm³/mol. The highest BCUT2D eigenvalue weighted by atomic mass is 32.2. The molecule has 1 N–H and O–H groups in total. The number of hydrogen-bond donors (Lipinski definition) is 1. The Hall–Kier alpha value is -2.09. The normalized spacial score (nSPS) is 10.9. The fraction of sp³-hybridized carbons (Fsp3) is 0.433. The molecule has 0 saturated carbocycles. The SMILES string of the molecule is C=Cc1ccccc1.CCC(C)(C)C(=O)O.CCC(C)c1ccccc1.CCSc1nnc(SCC)s1. The van der Waals surface area contributed by atoms with E-state index in [9.17, 15) is 4.79 Å². The zero-order valence-electron chi connectivity index (χ0n) is 23.4. The average molecular weight is 561 g/mol. The maximum absolute atomic E-state index is 10.3. The Labute approximate surface area is 237 Å². The summed E-state index contributed by atoms with van der Waals surface area (Å²) in [6.07, 6.45) is 3.74. The maximum Gasteiger partial charge on any atom is 0.309 e. The van der Waals surface area contributed by atoms with E-state index in [-0.39, 0.29) is 0 Å². The summed E-state index contributed by atoms with van der Waals surface area (Å²) in [5, 5.41) is 16.5. The summed E-state index contributed by atoms with van der Waals surface area (Å²) < 4.78 is 2.17. The number of rotatable bonds is 9. The summed E-state index contributed by atoms with van der Waals surface area (Å²) in [5.41, 5.74) is 2.08. The second-order valence-corrected chi connectivity index (χ2v) is 12.6. The van der Waals surface area contributed by atoms with Gasteiger partial charge in [-0.1, -0.05) is 143 Å². The van der Waals surface area contributed by atoms with Crippen LogP contribution >= 0.6 is 34.9 Å². The van der Waals surface area contributed by atoms with Gasteiger partial charge in [-0.2, -0.15) is 0 Å². The minimum absolute atomic E-state index is 0.542. The monoisotopic (exact) mass is 560 g/mol. The quantitative estimate of drug-likeness (QED) is 0.263. The zero-order valence-corrected chi connectivity index (χ0v) is 25.9. The average Bonchev–Trinajstić information content (AvgIpc) is 3.37. The molecule has 1 aromatic heterocycles. The number of carboxylic acids is 1. The van der Waals surface area contributed by atoms with E-state index in [1.54, 1.807) is 48.7 Å². The highest BCUT2D eigenvalue weighted by Crippen LogP contribution is 2.28. The molecular formula is C30H44N2O2S3. The molecule has 0 aliphatic rings. The lowest BCUT2D eigenvalue weighted by molar-refractivity contribution is -0.147. The molecule has 0 aliphatic carbocycles. The van der Waals surface area contributed by atoms with Crippen LogP contribution in [0, 0.1) is 5.41 Å². The molecule has 0 saturated heterocycles. The molecule has 0 radical (unpaired) electrons. The number of carboxylic acid groups (broad SMARTS) is 1. The fourth-order valence-electron chi connectivity index (χ4n) is 2.32. The molecule has 7 heteroatoms. The molecule has 1 unspecified atom stereocenters. The summed E-state index contributed by atoms with van der Waals surface area (Å²) in [6.45, 7) is 17.7. The van der Waals surface area contributed by atoms with Gasteiger partial charge in [-0.25, -0.2) is 0 Å². The van der Waals surface area contributed by atoms with Crippen molar-refractivity contribution in [3.8, 4) is 0 Å². The fourth-order valence-corrected chi connectivity index (χ4v) is 5.13. The molecule has 0 fully saturated rings. The molecule has 0 aliphatic heterocycles. The van der Waals surface area contributed by atoms with Crippen LogP contribution in [0.2, 0.25) is 0 Å². The van der Waals surface area contributed by atoms with Crippen LogP contribution in [0.15, 0.2) is 75.9 Å². The number of aliphatic carboxylic acids is 1. The second kappa shape index (κ2) is 20.9. The van der Waals surface area contributed by atoms with Gasteiger partial charge in [0.1, 0.15) is 0 Å². The maximum atomic E-state index is 10.3. The second-order valence-electron chi connectivity index (χ2n) is 8.58. The Balaban J connectivity index is 0.000000472. The van der Waals surface area contributed by atoms with Crippen molar-refractivity contribution in [1.29, 1.82) is 0 Å². The number of hydrogen-bond acceptors (Lipinski definition) is 6. The first-order chi connectivity index (χ1) is 17.6. The third kappa shape index (κ3) is 16.4. The van der Waals surface area contributed by atoms with Crippen molar-refractivity contribution >= 4 is 46.9 Å². The Kier molecular flexibility index (Phi) is 19.7. The van der Waals surface area contributed by atoms with Gasteiger partial charge in [0.2, 0.25) is 0 Å². The topological polar surface area (TPSA) is 63.1 Å². The molecule has 0 spiro atoms. The van der Waals surface area contributed by atoms with Crippen LogP contribution in [-0.2, 0) is 4.79 Å². The van der Waals surface area contributed by atoms with Crippen molar-refractivity contribution in [1.82, 2.24) is 10.2 Å². The largest absolute Gasteiger partial charge is 0.481 e. The lowest BCUT2D eigenvalue weighted by Gasteiger charge is -2.14. The van der Waals surface area contributed by atoms with Crippen LogP contribution in [0.4, 0.5) is 0 Å². The lowest BCUT2D eigenvalue weighted by Crippen LogP contribution is -2.21. The molecule has 0 bridgehead atoms. The molecular weight excluding hydrogens is 517 g/mol. The van der Waals surface area contributed by atoms with Gasteiger partial charge in [-0.15, -0.1) is 10.2 Å². The summed E-state index contributed by atoms with van der Waals surface area (Å²) >= 11 is 5.19. The molecule has 204 valence electrons. The Bertz CT molecular complexity index is 956. The van der Waals surface area contributed by atoms with Crippen LogP contribution < -0.4 is 0 Å². The summed E-state index contributed by atoms with van der Waals surface area (Å²) in [4.78, 5) is 10.3. The van der Waals surface area contributed by atoms with Gasteiger partial charge < -0.3 is 5.11 Å². The van der Waals surface area contributed by atoms with E-state index in [4.69, 9.17) is 5.11 Å². The first-order valence-corrected chi connectivity index (χ1v) is 15.5. The van der Waals surface area contributed by atoms with Crippen LogP contribution in [-0.4, -0.2) is 32.8 Å². The van der Waals surface area contributed by atoms with Gasteiger partial charge in [-0.05, 0) is 55.2 Å². The van der Waals surface area contributed by atoms with Gasteiger partial charge in [0.05, 0.1) is 5.41 Å². The zero-order chi connectivity index (χ0) is 28.1. The number of benzene rings is 2. The van der Waals surface area contributed by atoms with Crippen molar-refractivity contribution in [3.63, 3.8) is 0 Å². The van der Waals surface area contributed by atoms with Gasteiger partial charge in [0, 0.05) is 0 Å². The van der Waals surface area contributed by atoms with Crippen molar-refractivity contribution in [2.45, 2.75) is 75.9 Å². The molecule has 1 heterocycles. The first-order valence-electron chi connectivity index (χ1n) is 12.7. The van der Waals surface area contributed by atoms with E-state index in [2.05, 4.69) is 74.8 Å². The van der Waals surface area contributed by atoms with E-state index in [0.29, 0.717) is 12.3 Å². The smallest absolute Gasteiger partial charge is 0.309 e. The van der Waals surface area contributed by atoms with Crippen molar-refractivity contribution in [2.75, 3.05) is 11.5 Å². The summed E-state index contributed by atoms with van der Waals surface area (Å²) in [7, 11) is 0. The Morgan fingerprint density at radius 2 is 1.41 bits per heavy atom. The van der Waals surface area contributed by atoms with Gasteiger partial charge in [0.15, 0.2) is 8.68 Å². The molecule has 2 aromatic carbocycles. The van der Waals surface area contributed by atoms with Crippen LogP contribution in [0.1, 0.15) is 78.4 Å². The molecule has 37 heavy (non-hydrogen) atoms. The van der Waals surface area contributed by atoms with E-state index in [1.165, 1.54) is 17.5 Å². The van der Waals surface area contributed by atoms with Crippen LogP contribution in [0.5, 0.6) is 0 Å². The third-order valence-electron chi connectivity index (χ3n) is 5.40. The number of nitrogens with zero attached hydrogens (tertiary/aromatic N) is 2. The highest BCUT2D eigenvalue weighted by molar-refractivity contribution is 8.03. The first kappa shape index (κ1) is 34.9. The number of aromatic nitrogens is 2. The molecule has 3 rings (SSSR count). The van der Waals surface area contributed by atoms with Gasteiger partial charge in [-0.3, -0.25) is 4.79 Å². The summed E-state index contributed by atoms with van der Waals surface area (Å²) in [5.74, 6) is 2.14. The van der Waals surface area contributed by atoms with E-state index < -0.39 is 11.4 Å². The lowest BCUT2D eigenvalue weighted by atomic mass is 9.91. The van der Waals surface area contributed by atoms with Crippen molar-refractivity contribution in [3.05, 3.63) is 78.4 Å². The summed E-state index contributed by atoms with van der Waals surface area (Å²) in [6, 6.07) is 20.7. The van der Waals surface area contributed by atoms with Crippen molar-refractivity contribution < 1.29 is 9.90 Å². The van der Waals surface area contributed by atoms with E-state index in [0.717, 1.165) is 20.2 Å². The predicted octanol–water partition coefficient (Wildman–Crippen LogP) is 9.80. The van der Waals surface area contributed by atoms with Crippen LogP contribution in [0.3, 0.4) is 0 Å². The van der Waals surface area contributed by atoms with Crippen molar-refractivity contribution in [2.24, 2.45) is 5.41 Å². The number of thioether (sulfide) groups is 2. The van der Waals surface area contributed by atoms with Gasteiger partial charge >= 0.3 is 5.97 Å². The third-order valence-corrected chi connectivity index (χ3v) is 8.36. The van der Waals surface area contributed by atoms with E-state index >= 15 is 0 Å². The highest BCUT2D eigenvalue weighted by Gasteiger charge is 2.23. The molecule has 3 aromatic rings. The Morgan fingerprint density at radius 3 is 1.70 bits per heavy atom. The minimum Gasteiger partial charge on any atom is -0.481 e. The molecule has 1 atom stereocenters. The van der Waals surface area contributed by atoms with E-state index in [1.807, 2.05) is 43.3 Å².